The van der Waals surface area contributed by atoms with Crippen LogP contribution in [0.15, 0.2) is 35.2 Å². The SMILES string of the molecule is O=C1N[C@@H]2CCCC[C@@H]2C(=O)N1OS(=O)(=O)c1ccccc1. The quantitative estimate of drug-likeness (QED) is 0.907. The molecule has 1 aliphatic carbocycles. The van der Waals surface area contributed by atoms with Crippen LogP contribution in [0.2, 0.25) is 0 Å². The van der Waals surface area contributed by atoms with Crippen molar-refractivity contribution in [3.63, 3.8) is 0 Å². The van der Waals surface area contributed by atoms with Crippen molar-refractivity contribution in [2.24, 2.45) is 5.92 Å². The molecule has 7 nitrogen and oxygen atoms in total. The maximum atomic E-state index is 12.4. The number of hydrogen-bond donors (Lipinski definition) is 1. The maximum absolute atomic E-state index is 12.4. The van der Waals surface area contributed by atoms with Crippen LogP contribution < -0.4 is 5.32 Å². The van der Waals surface area contributed by atoms with Gasteiger partial charge in [0.15, 0.2) is 0 Å². The van der Waals surface area contributed by atoms with E-state index in [1.165, 1.54) is 24.3 Å². The van der Waals surface area contributed by atoms with E-state index < -0.39 is 28.0 Å². The van der Waals surface area contributed by atoms with Gasteiger partial charge >= 0.3 is 16.1 Å². The number of hydrogen-bond acceptors (Lipinski definition) is 5. The summed E-state index contributed by atoms with van der Waals surface area (Å²) in [6, 6.07) is 6.35. The average Bonchev–Trinajstić information content (AvgIpc) is 2.52. The normalized spacial score (nSPS) is 25.5. The molecule has 0 aromatic heterocycles. The van der Waals surface area contributed by atoms with Gasteiger partial charge in [0.2, 0.25) is 0 Å². The lowest BCUT2D eigenvalue weighted by atomic mass is 9.83. The topological polar surface area (TPSA) is 92.8 Å². The Balaban J connectivity index is 1.82. The third-order valence-corrected chi connectivity index (χ3v) is 5.18. The molecule has 1 heterocycles. The van der Waals surface area contributed by atoms with Gasteiger partial charge in [-0.25, -0.2) is 4.79 Å². The fourth-order valence-electron chi connectivity index (χ4n) is 2.87. The Bertz CT molecular complexity index is 688. The minimum atomic E-state index is -4.22. The molecule has 2 fully saturated rings. The highest BCUT2D eigenvalue weighted by Gasteiger charge is 2.44. The lowest BCUT2D eigenvalue weighted by Gasteiger charge is -2.38. The average molecular weight is 324 g/mol. The van der Waals surface area contributed by atoms with Crippen LogP contribution in [0.1, 0.15) is 25.7 Å². The van der Waals surface area contributed by atoms with Gasteiger partial charge < -0.3 is 5.32 Å². The number of hydroxylamine groups is 2. The van der Waals surface area contributed by atoms with Crippen LogP contribution in [0.25, 0.3) is 0 Å². The summed E-state index contributed by atoms with van der Waals surface area (Å²) in [5, 5.41) is 2.99. The van der Waals surface area contributed by atoms with Crippen molar-refractivity contribution in [3.8, 4) is 0 Å². The molecule has 8 heteroatoms. The van der Waals surface area contributed by atoms with Gasteiger partial charge in [-0.1, -0.05) is 31.0 Å². The fourth-order valence-corrected chi connectivity index (χ4v) is 3.78. The van der Waals surface area contributed by atoms with Crippen molar-refractivity contribution in [2.75, 3.05) is 0 Å². The van der Waals surface area contributed by atoms with Crippen LogP contribution >= 0.6 is 0 Å². The summed E-state index contributed by atoms with van der Waals surface area (Å²) in [6.45, 7) is 0. The largest absolute Gasteiger partial charge is 0.350 e. The Morgan fingerprint density at radius 1 is 1.09 bits per heavy atom. The molecule has 22 heavy (non-hydrogen) atoms. The van der Waals surface area contributed by atoms with Crippen LogP contribution in [0, 0.1) is 5.92 Å². The Hall–Kier alpha value is -1.93. The molecule has 2 atom stereocenters. The third-order valence-electron chi connectivity index (χ3n) is 3.98. The van der Waals surface area contributed by atoms with E-state index >= 15 is 0 Å². The van der Waals surface area contributed by atoms with Crippen molar-refractivity contribution in [1.82, 2.24) is 10.4 Å². The van der Waals surface area contributed by atoms with Crippen LogP contribution in [0.5, 0.6) is 0 Å². The molecule has 118 valence electrons. The smallest absolute Gasteiger partial charge is 0.332 e. The van der Waals surface area contributed by atoms with Crippen LogP contribution in [-0.2, 0) is 19.2 Å². The fraction of sp³-hybridized carbons (Fsp3) is 0.429. The predicted octanol–water partition coefficient (Wildman–Crippen LogP) is 1.42. The molecule has 0 unspecified atom stereocenters. The molecule has 0 spiro atoms. The number of carbonyl (C=O) groups is 2. The predicted molar refractivity (Wildman–Crippen MR) is 75.8 cm³/mol. The van der Waals surface area contributed by atoms with Gasteiger partial charge in [0.1, 0.15) is 0 Å². The summed E-state index contributed by atoms with van der Waals surface area (Å²) in [5.74, 6) is -1.01. The van der Waals surface area contributed by atoms with Crippen LogP contribution in [0.3, 0.4) is 0 Å². The highest BCUT2D eigenvalue weighted by Crippen LogP contribution is 2.30. The van der Waals surface area contributed by atoms with E-state index in [1.807, 2.05) is 0 Å². The number of imide groups is 1. The second kappa shape index (κ2) is 5.69. The molecule has 1 saturated heterocycles. The first-order chi connectivity index (χ1) is 10.5. The molecule has 0 bridgehead atoms. The summed E-state index contributed by atoms with van der Waals surface area (Å²) in [4.78, 5) is 24.2. The number of benzene rings is 1. The number of nitrogens with zero attached hydrogens (tertiary/aromatic N) is 1. The van der Waals surface area contributed by atoms with Gasteiger partial charge in [-0.3, -0.25) is 4.79 Å². The highest BCUT2D eigenvalue weighted by atomic mass is 32.2. The van der Waals surface area contributed by atoms with E-state index in [1.54, 1.807) is 6.07 Å². The molecule has 1 aromatic rings. The number of urea groups is 1. The summed E-state index contributed by atoms with van der Waals surface area (Å²) >= 11 is 0. The number of carbonyl (C=O) groups excluding carboxylic acids is 2. The number of nitrogens with one attached hydrogen (secondary N) is 1. The van der Waals surface area contributed by atoms with E-state index in [2.05, 4.69) is 5.32 Å². The van der Waals surface area contributed by atoms with Crippen molar-refractivity contribution in [3.05, 3.63) is 30.3 Å². The lowest BCUT2D eigenvalue weighted by molar-refractivity contribution is -0.157. The van der Waals surface area contributed by atoms with Crippen molar-refractivity contribution in [2.45, 2.75) is 36.6 Å². The van der Waals surface area contributed by atoms with E-state index in [9.17, 15) is 18.0 Å². The summed E-state index contributed by atoms with van der Waals surface area (Å²) in [6.07, 6.45) is 3.16. The van der Waals surface area contributed by atoms with E-state index in [0.29, 0.717) is 11.5 Å². The zero-order chi connectivity index (χ0) is 15.7. The number of rotatable bonds is 3. The second-order valence-corrected chi connectivity index (χ2v) is 6.95. The summed E-state index contributed by atoms with van der Waals surface area (Å²) in [7, 11) is -4.22. The van der Waals surface area contributed by atoms with Gasteiger partial charge in [0.05, 0.1) is 10.8 Å². The van der Waals surface area contributed by atoms with Gasteiger partial charge in [0.25, 0.3) is 5.91 Å². The first-order valence-electron chi connectivity index (χ1n) is 7.13. The third kappa shape index (κ3) is 2.71. The van der Waals surface area contributed by atoms with Crippen molar-refractivity contribution in [1.29, 1.82) is 0 Å². The lowest BCUT2D eigenvalue weighted by Crippen LogP contribution is -2.60. The molecule has 1 aromatic carbocycles. The molecule has 3 rings (SSSR count). The van der Waals surface area contributed by atoms with Gasteiger partial charge in [-0.15, -0.1) is 9.35 Å². The Morgan fingerprint density at radius 2 is 1.77 bits per heavy atom. The first kappa shape index (κ1) is 15.0. The first-order valence-corrected chi connectivity index (χ1v) is 8.54. The Labute approximate surface area is 128 Å². The number of fused-ring (bicyclic) bond motifs is 1. The van der Waals surface area contributed by atoms with Gasteiger partial charge in [-0.05, 0) is 25.0 Å². The molecule has 1 aliphatic heterocycles. The number of amides is 3. The minimum absolute atomic E-state index is 0.110. The van der Waals surface area contributed by atoms with Crippen molar-refractivity contribution < 1.29 is 22.3 Å². The monoisotopic (exact) mass is 324 g/mol. The van der Waals surface area contributed by atoms with Gasteiger partial charge in [0, 0.05) is 6.04 Å². The second-order valence-electron chi connectivity index (χ2n) is 5.42. The highest BCUT2D eigenvalue weighted by molar-refractivity contribution is 7.86. The molecule has 3 amide bonds. The Kier molecular flexibility index (Phi) is 3.88. The molecule has 1 N–H and O–H groups in total. The Morgan fingerprint density at radius 3 is 2.50 bits per heavy atom. The molecule has 2 aliphatic rings. The molecular weight excluding hydrogens is 308 g/mol. The zero-order valence-corrected chi connectivity index (χ0v) is 12.6. The maximum Gasteiger partial charge on any atom is 0.350 e. The van der Waals surface area contributed by atoms with E-state index in [4.69, 9.17) is 4.28 Å². The van der Waals surface area contributed by atoms with Crippen LogP contribution in [-0.4, -0.2) is 31.5 Å². The minimum Gasteiger partial charge on any atom is -0.332 e. The van der Waals surface area contributed by atoms with E-state index in [-0.39, 0.29) is 10.9 Å². The molecular formula is C14H16N2O5S. The molecule has 0 radical (unpaired) electrons. The molecule has 1 saturated carbocycles. The zero-order valence-electron chi connectivity index (χ0n) is 11.8. The van der Waals surface area contributed by atoms with Gasteiger partial charge in [-0.2, -0.15) is 8.42 Å². The standard InChI is InChI=1S/C14H16N2O5S/c17-13-11-8-4-5-9-12(11)15-14(18)16(13)21-22(19,20)10-6-2-1-3-7-10/h1-3,6-7,11-12H,4-5,8-9H2,(H,15,18)/t11-,12+/m0/s1. The van der Waals surface area contributed by atoms with Crippen molar-refractivity contribution >= 4 is 22.1 Å². The van der Waals surface area contributed by atoms with Crippen LogP contribution in [0.4, 0.5) is 4.79 Å². The summed E-state index contributed by atoms with van der Waals surface area (Å²) in [5.41, 5.74) is 0. The summed E-state index contributed by atoms with van der Waals surface area (Å²) < 4.78 is 29.1. The van der Waals surface area contributed by atoms with E-state index in [0.717, 1.165) is 19.3 Å².